The van der Waals surface area contributed by atoms with E-state index in [-0.39, 0.29) is 11.5 Å². The molecule has 0 atom stereocenters. The van der Waals surface area contributed by atoms with E-state index in [1.54, 1.807) is 18.2 Å². The van der Waals surface area contributed by atoms with Crippen molar-refractivity contribution in [3.63, 3.8) is 0 Å². The van der Waals surface area contributed by atoms with Crippen molar-refractivity contribution in [2.45, 2.75) is 26.2 Å². The van der Waals surface area contributed by atoms with Crippen LogP contribution in [0.1, 0.15) is 36.5 Å². The topological polar surface area (TPSA) is 74.8 Å². The Hall–Kier alpha value is -2.17. The van der Waals surface area contributed by atoms with Crippen LogP contribution in [0, 0.1) is 0 Å². The molecule has 1 heterocycles. The Kier molecular flexibility index (Phi) is 4.28. The minimum atomic E-state index is -0.270. The van der Waals surface area contributed by atoms with Gasteiger partial charge in [-0.3, -0.25) is 9.59 Å². The molecule has 0 aliphatic heterocycles. The third-order valence-electron chi connectivity index (χ3n) is 2.90. The van der Waals surface area contributed by atoms with Gasteiger partial charge in [-0.05, 0) is 24.6 Å². The van der Waals surface area contributed by atoms with Gasteiger partial charge in [-0.15, -0.1) is 0 Å². The molecule has 1 aromatic carbocycles. The molecule has 19 heavy (non-hydrogen) atoms. The summed E-state index contributed by atoms with van der Waals surface area (Å²) in [5, 5.41) is 2.86. The van der Waals surface area contributed by atoms with Crippen LogP contribution in [0.3, 0.4) is 0 Å². The molecule has 0 spiro atoms. The van der Waals surface area contributed by atoms with Crippen LogP contribution in [0.5, 0.6) is 0 Å². The predicted molar refractivity (Wildman–Crippen MR) is 74.2 cm³/mol. The lowest BCUT2D eigenvalue weighted by Crippen LogP contribution is -2.24. The maximum Gasteiger partial charge on any atom is 0.266 e. The number of H-pyrrole nitrogens is 1. The Morgan fingerprint density at radius 3 is 3.00 bits per heavy atom. The minimum Gasteiger partial charge on any atom is -0.352 e. The molecule has 0 radical (unpaired) electrons. The van der Waals surface area contributed by atoms with Gasteiger partial charge < -0.3 is 10.3 Å². The highest BCUT2D eigenvalue weighted by atomic mass is 16.1. The van der Waals surface area contributed by atoms with E-state index in [1.807, 2.05) is 0 Å². The molecule has 2 N–H and O–H groups in total. The maximum atomic E-state index is 11.9. The van der Waals surface area contributed by atoms with Crippen molar-refractivity contribution < 1.29 is 4.79 Å². The lowest BCUT2D eigenvalue weighted by molar-refractivity contribution is 0.0953. The summed E-state index contributed by atoms with van der Waals surface area (Å²) in [6.45, 7) is 2.79. The van der Waals surface area contributed by atoms with E-state index in [2.05, 4.69) is 22.2 Å². The number of aromatic amines is 1. The first-order valence-electron chi connectivity index (χ1n) is 6.48. The van der Waals surface area contributed by atoms with Gasteiger partial charge in [-0.1, -0.05) is 19.8 Å². The summed E-state index contributed by atoms with van der Waals surface area (Å²) >= 11 is 0. The molecule has 0 saturated carbocycles. The SMILES string of the molecule is CCCCCNC(=O)c1ccc2ncc(=O)[nH]c2c1. The van der Waals surface area contributed by atoms with Gasteiger partial charge in [0.15, 0.2) is 0 Å². The lowest BCUT2D eigenvalue weighted by Gasteiger charge is -2.05. The molecule has 1 aromatic heterocycles. The molecule has 0 aliphatic carbocycles. The second-order valence-corrected chi connectivity index (χ2v) is 4.44. The number of carbonyl (C=O) groups excluding carboxylic acids is 1. The Bertz CT molecular complexity index is 634. The zero-order valence-corrected chi connectivity index (χ0v) is 10.9. The molecule has 0 bridgehead atoms. The summed E-state index contributed by atoms with van der Waals surface area (Å²) in [6, 6.07) is 5.09. The van der Waals surface area contributed by atoms with Crippen LogP contribution in [0.15, 0.2) is 29.2 Å². The average Bonchev–Trinajstić information content (AvgIpc) is 2.42. The molecule has 0 saturated heterocycles. The van der Waals surface area contributed by atoms with Gasteiger partial charge >= 0.3 is 0 Å². The highest BCUT2D eigenvalue weighted by Crippen LogP contribution is 2.09. The summed E-state index contributed by atoms with van der Waals surface area (Å²) in [7, 11) is 0. The van der Waals surface area contributed by atoms with E-state index in [4.69, 9.17) is 0 Å². The molecule has 5 heteroatoms. The van der Waals surface area contributed by atoms with Gasteiger partial charge in [0.2, 0.25) is 0 Å². The summed E-state index contributed by atoms with van der Waals surface area (Å²) in [5.74, 6) is -0.122. The number of unbranched alkanes of at least 4 members (excludes halogenated alkanes) is 2. The zero-order chi connectivity index (χ0) is 13.7. The first kappa shape index (κ1) is 13.3. The number of aromatic nitrogens is 2. The number of fused-ring (bicyclic) bond motifs is 1. The number of rotatable bonds is 5. The first-order valence-corrected chi connectivity index (χ1v) is 6.48. The fourth-order valence-electron chi connectivity index (χ4n) is 1.86. The van der Waals surface area contributed by atoms with Crippen LogP contribution in [-0.4, -0.2) is 22.4 Å². The molecule has 2 aromatic rings. The number of nitrogens with one attached hydrogen (secondary N) is 2. The second kappa shape index (κ2) is 6.13. The third-order valence-corrected chi connectivity index (χ3v) is 2.90. The number of nitrogens with zero attached hydrogens (tertiary/aromatic N) is 1. The quantitative estimate of drug-likeness (QED) is 0.804. The van der Waals surface area contributed by atoms with Crippen molar-refractivity contribution in [3.8, 4) is 0 Å². The third kappa shape index (κ3) is 3.40. The van der Waals surface area contributed by atoms with Gasteiger partial charge in [0.05, 0.1) is 17.2 Å². The largest absolute Gasteiger partial charge is 0.352 e. The van der Waals surface area contributed by atoms with E-state index in [0.29, 0.717) is 23.1 Å². The monoisotopic (exact) mass is 259 g/mol. The molecule has 0 fully saturated rings. The highest BCUT2D eigenvalue weighted by molar-refractivity contribution is 5.97. The number of hydrogen-bond donors (Lipinski definition) is 2. The summed E-state index contributed by atoms with van der Waals surface area (Å²) < 4.78 is 0. The van der Waals surface area contributed by atoms with Crippen molar-refractivity contribution in [2.24, 2.45) is 0 Å². The van der Waals surface area contributed by atoms with Gasteiger partial charge in [0.25, 0.3) is 11.5 Å². The smallest absolute Gasteiger partial charge is 0.266 e. The summed E-state index contributed by atoms with van der Waals surface area (Å²) in [6.07, 6.45) is 4.44. The molecular formula is C14H17N3O2. The zero-order valence-electron chi connectivity index (χ0n) is 10.9. The molecule has 0 aliphatic rings. The van der Waals surface area contributed by atoms with E-state index in [0.717, 1.165) is 19.3 Å². The predicted octanol–water partition coefficient (Wildman–Crippen LogP) is 1.84. The number of benzene rings is 1. The van der Waals surface area contributed by atoms with Crippen molar-refractivity contribution in [1.82, 2.24) is 15.3 Å². The Labute approximate surface area is 111 Å². The number of hydrogen-bond acceptors (Lipinski definition) is 3. The average molecular weight is 259 g/mol. The molecule has 2 rings (SSSR count). The van der Waals surface area contributed by atoms with Crippen molar-refractivity contribution in [3.05, 3.63) is 40.3 Å². The Morgan fingerprint density at radius 2 is 2.21 bits per heavy atom. The van der Waals surface area contributed by atoms with E-state index >= 15 is 0 Å². The minimum absolute atomic E-state index is 0.122. The first-order chi connectivity index (χ1) is 9.20. The Morgan fingerprint density at radius 1 is 1.37 bits per heavy atom. The van der Waals surface area contributed by atoms with Crippen LogP contribution >= 0.6 is 0 Å². The van der Waals surface area contributed by atoms with Crippen molar-refractivity contribution in [1.29, 1.82) is 0 Å². The van der Waals surface area contributed by atoms with Gasteiger partial charge in [0.1, 0.15) is 0 Å². The van der Waals surface area contributed by atoms with E-state index < -0.39 is 0 Å². The molecule has 5 nitrogen and oxygen atoms in total. The molecule has 0 unspecified atom stereocenters. The number of carbonyl (C=O) groups is 1. The van der Waals surface area contributed by atoms with Crippen LogP contribution < -0.4 is 10.9 Å². The second-order valence-electron chi connectivity index (χ2n) is 4.44. The highest BCUT2D eigenvalue weighted by Gasteiger charge is 2.06. The molecule has 1 amide bonds. The molecule has 100 valence electrons. The van der Waals surface area contributed by atoms with Crippen LogP contribution in [0.4, 0.5) is 0 Å². The Balaban J connectivity index is 2.11. The standard InChI is InChI=1S/C14H17N3O2/c1-2-3-4-7-15-14(19)10-5-6-11-12(8-10)17-13(18)9-16-11/h5-6,8-9H,2-4,7H2,1H3,(H,15,19)(H,17,18). The van der Waals surface area contributed by atoms with Crippen LogP contribution in [0.2, 0.25) is 0 Å². The number of amides is 1. The summed E-state index contributed by atoms with van der Waals surface area (Å²) in [4.78, 5) is 29.8. The maximum absolute atomic E-state index is 11.9. The van der Waals surface area contributed by atoms with Crippen molar-refractivity contribution >= 4 is 16.9 Å². The fraction of sp³-hybridized carbons (Fsp3) is 0.357. The fourth-order valence-corrected chi connectivity index (χ4v) is 1.86. The summed E-state index contributed by atoms with van der Waals surface area (Å²) in [5.41, 5.74) is 1.51. The van der Waals surface area contributed by atoms with Gasteiger partial charge in [-0.25, -0.2) is 4.98 Å². The van der Waals surface area contributed by atoms with Crippen LogP contribution in [-0.2, 0) is 0 Å². The van der Waals surface area contributed by atoms with Gasteiger partial charge in [0, 0.05) is 12.1 Å². The van der Waals surface area contributed by atoms with Crippen LogP contribution in [0.25, 0.3) is 11.0 Å². The molecular weight excluding hydrogens is 242 g/mol. The van der Waals surface area contributed by atoms with E-state index in [9.17, 15) is 9.59 Å². The van der Waals surface area contributed by atoms with E-state index in [1.165, 1.54) is 6.20 Å². The van der Waals surface area contributed by atoms with Crippen molar-refractivity contribution in [2.75, 3.05) is 6.54 Å². The lowest BCUT2D eigenvalue weighted by atomic mass is 10.1. The van der Waals surface area contributed by atoms with Gasteiger partial charge in [-0.2, -0.15) is 0 Å². The normalized spacial score (nSPS) is 10.6.